The fraction of sp³-hybridized carbons (Fsp3) is 0.933. The molecule has 9 heteroatoms. The highest BCUT2D eigenvalue weighted by atomic mass is 35.5. The van der Waals surface area contributed by atoms with Crippen molar-refractivity contribution in [1.29, 1.82) is 0 Å². The van der Waals surface area contributed by atoms with Gasteiger partial charge in [0.1, 0.15) is 0 Å². The SMILES string of the molecule is CNC(=O)NC1CCC(OC2CCC(SC(F)(F)F)CC2)C(Cl)C1. The molecule has 140 valence electrons. The van der Waals surface area contributed by atoms with Crippen LogP contribution in [0.15, 0.2) is 0 Å². The minimum absolute atomic E-state index is 0.00946. The predicted molar refractivity (Wildman–Crippen MR) is 89.4 cm³/mol. The molecular formula is C15H24ClF3N2O2S. The number of nitrogens with one attached hydrogen (secondary N) is 2. The van der Waals surface area contributed by atoms with Crippen LogP contribution in [0.4, 0.5) is 18.0 Å². The lowest BCUT2D eigenvalue weighted by atomic mass is 9.91. The van der Waals surface area contributed by atoms with Crippen molar-refractivity contribution in [3.8, 4) is 0 Å². The van der Waals surface area contributed by atoms with Gasteiger partial charge in [-0.2, -0.15) is 13.2 Å². The maximum absolute atomic E-state index is 12.4. The number of hydrogen-bond donors (Lipinski definition) is 2. The number of hydrogen-bond acceptors (Lipinski definition) is 3. The number of alkyl halides is 4. The molecule has 4 nitrogen and oxygen atoms in total. The van der Waals surface area contributed by atoms with E-state index in [4.69, 9.17) is 16.3 Å². The number of carbonyl (C=O) groups excluding carboxylic acids is 1. The highest BCUT2D eigenvalue weighted by Crippen LogP contribution is 2.41. The van der Waals surface area contributed by atoms with E-state index in [0.717, 1.165) is 12.8 Å². The third-order valence-electron chi connectivity index (χ3n) is 4.56. The quantitative estimate of drug-likeness (QED) is 0.715. The summed E-state index contributed by atoms with van der Waals surface area (Å²) in [7, 11) is 1.57. The summed E-state index contributed by atoms with van der Waals surface area (Å²) in [5.41, 5.74) is -4.16. The Kier molecular flexibility index (Phi) is 7.37. The number of rotatable bonds is 4. The summed E-state index contributed by atoms with van der Waals surface area (Å²) in [6.45, 7) is 0. The van der Waals surface area contributed by atoms with E-state index in [1.54, 1.807) is 7.05 Å². The normalized spacial score (nSPS) is 34.6. The molecule has 0 saturated heterocycles. The first kappa shape index (κ1) is 20.0. The van der Waals surface area contributed by atoms with Crippen LogP contribution in [0.25, 0.3) is 0 Å². The molecule has 0 aromatic carbocycles. The average Bonchev–Trinajstić information content (AvgIpc) is 2.50. The summed E-state index contributed by atoms with van der Waals surface area (Å²) < 4.78 is 43.2. The molecule has 0 aliphatic heterocycles. The van der Waals surface area contributed by atoms with Gasteiger partial charge in [0.25, 0.3) is 0 Å². The van der Waals surface area contributed by atoms with Gasteiger partial charge in [-0.15, -0.1) is 11.6 Å². The van der Waals surface area contributed by atoms with Crippen LogP contribution >= 0.6 is 23.4 Å². The van der Waals surface area contributed by atoms with Crippen molar-refractivity contribution in [2.24, 2.45) is 0 Å². The molecule has 0 aromatic rings. The van der Waals surface area contributed by atoms with Gasteiger partial charge in [-0.3, -0.25) is 0 Å². The van der Waals surface area contributed by atoms with Crippen LogP contribution in [0.3, 0.4) is 0 Å². The van der Waals surface area contributed by atoms with E-state index < -0.39 is 5.51 Å². The molecule has 0 radical (unpaired) electrons. The second-order valence-corrected chi connectivity index (χ2v) is 8.31. The van der Waals surface area contributed by atoms with E-state index >= 15 is 0 Å². The summed E-state index contributed by atoms with van der Waals surface area (Å²) in [5.74, 6) is 0. The first-order chi connectivity index (χ1) is 11.3. The molecule has 2 amide bonds. The monoisotopic (exact) mass is 388 g/mol. The standard InChI is InChI=1S/C15H24ClF3N2O2S/c1-20-14(22)21-9-2-7-13(12(16)8-9)23-10-3-5-11(6-4-10)24-15(17,18)19/h9-13H,2-8H2,1H3,(H2,20,21,22). The van der Waals surface area contributed by atoms with Crippen molar-refractivity contribution >= 4 is 29.4 Å². The molecule has 24 heavy (non-hydrogen) atoms. The van der Waals surface area contributed by atoms with Gasteiger partial charge in [0, 0.05) is 18.3 Å². The van der Waals surface area contributed by atoms with Crippen molar-refractivity contribution < 1.29 is 22.7 Å². The predicted octanol–water partition coefficient (Wildman–Crippen LogP) is 4.02. The summed E-state index contributed by atoms with van der Waals surface area (Å²) in [5, 5.41) is 4.82. The molecule has 0 spiro atoms. The first-order valence-corrected chi connectivity index (χ1v) is 9.60. The maximum Gasteiger partial charge on any atom is 0.442 e. The molecule has 2 aliphatic rings. The van der Waals surface area contributed by atoms with E-state index in [1.165, 1.54) is 0 Å². The molecular weight excluding hydrogens is 365 g/mol. The minimum atomic E-state index is -4.16. The zero-order valence-electron chi connectivity index (χ0n) is 13.6. The summed E-state index contributed by atoms with van der Waals surface area (Å²) in [4.78, 5) is 11.3. The third-order valence-corrected chi connectivity index (χ3v) is 6.10. The molecule has 3 atom stereocenters. The molecule has 2 aliphatic carbocycles. The second kappa shape index (κ2) is 8.85. The number of urea groups is 1. The fourth-order valence-corrected chi connectivity index (χ4v) is 4.64. The molecule has 2 saturated carbocycles. The Balaban J connectivity index is 1.71. The van der Waals surface area contributed by atoms with Crippen LogP contribution in [0.2, 0.25) is 0 Å². The van der Waals surface area contributed by atoms with E-state index in [0.29, 0.717) is 32.1 Å². The zero-order valence-corrected chi connectivity index (χ0v) is 15.1. The number of thioether (sulfide) groups is 1. The minimum Gasteiger partial charge on any atom is -0.373 e. The first-order valence-electron chi connectivity index (χ1n) is 8.29. The molecule has 3 unspecified atom stereocenters. The Morgan fingerprint density at radius 2 is 1.83 bits per heavy atom. The van der Waals surface area contributed by atoms with Crippen LogP contribution in [0, 0.1) is 0 Å². The lowest BCUT2D eigenvalue weighted by Gasteiger charge is -2.37. The van der Waals surface area contributed by atoms with Crippen molar-refractivity contribution in [3.63, 3.8) is 0 Å². The zero-order chi connectivity index (χ0) is 17.7. The van der Waals surface area contributed by atoms with Gasteiger partial charge in [0.15, 0.2) is 0 Å². The van der Waals surface area contributed by atoms with Gasteiger partial charge in [0.2, 0.25) is 0 Å². The molecule has 2 fully saturated rings. The topological polar surface area (TPSA) is 50.4 Å². The Bertz CT molecular complexity index is 420. The molecule has 0 aromatic heterocycles. The van der Waals surface area contributed by atoms with Crippen molar-refractivity contribution in [3.05, 3.63) is 0 Å². The summed E-state index contributed by atoms with van der Waals surface area (Å²) >= 11 is 6.50. The summed E-state index contributed by atoms with van der Waals surface area (Å²) in [6.07, 6.45) is 4.42. The molecule has 2 rings (SSSR count). The molecule has 0 heterocycles. The number of halogens is 4. The smallest absolute Gasteiger partial charge is 0.373 e. The third kappa shape index (κ3) is 6.52. The highest BCUT2D eigenvalue weighted by Gasteiger charge is 2.37. The summed E-state index contributed by atoms with van der Waals surface area (Å²) in [6, 6.07) is -0.185. The van der Waals surface area contributed by atoms with Crippen LogP contribution in [0.1, 0.15) is 44.9 Å². The Labute approximate surface area is 149 Å². The molecule has 2 N–H and O–H groups in total. The van der Waals surface area contributed by atoms with Crippen molar-refractivity contribution in [2.45, 2.75) is 79.3 Å². The van der Waals surface area contributed by atoms with Gasteiger partial charge in [0.05, 0.1) is 17.6 Å². The lowest BCUT2D eigenvalue weighted by Crippen LogP contribution is -2.47. The largest absolute Gasteiger partial charge is 0.442 e. The maximum atomic E-state index is 12.4. The van der Waals surface area contributed by atoms with Crippen LogP contribution in [0.5, 0.6) is 0 Å². The van der Waals surface area contributed by atoms with Gasteiger partial charge in [-0.1, -0.05) is 0 Å². The Morgan fingerprint density at radius 1 is 1.17 bits per heavy atom. The number of amides is 2. The Morgan fingerprint density at radius 3 is 2.38 bits per heavy atom. The average molecular weight is 389 g/mol. The van der Waals surface area contributed by atoms with Gasteiger partial charge >= 0.3 is 11.5 Å². The van der Waals surface area contributed by atoms with Gasteiger partial charge in [-0.05, 0) is 56.7 Å². The van der Waals surface area contributed by atoms with Crippen LogP contribution < -0.4 is 10.6 Å². The van der Waals surface area contributed by atoms with Crippen molar-refractivity contribution in [2.75, 3.05) is 7.05 Å². The molecule has 0 bridgehead atoms. The lowest BCUT2D eigenvalue weighted by molar-refractivity contribution is -0.0475. The van der Waals surface area contributed by atoms with Gasteiger partial charge in [-0.25, -0.2) is 4.79 Å². The fourth-order valence-electron chi connectivity index (χ4n) is 3.35. The van der Waals surface area contributed by atoms with Crippen molar-refractivity contribution in [1.82, 2.24) is 10.6 Å². The van der Waals surface area contributed by atoms with E-state index in [-0.39, 0.29) is 46.7 Å². The number of carbonyl (C=O) groups is 1. The van der Waals surface area contributed by atoms with E-state index in [1.807, 2.05) is 0 Å². The Hall–Kier alpha value is -0.340. The van der Waals surface area contributed by atoms with E-state index in [2.05, 4.69) is 10.6 Å². The highest BCUT2D eigenvalue weighted by molar-refractivity contribution is 8.00. The van der Waals surface area contributed by atoms with Gasteiger partial charge < -0.3 is 15.4 Å². The number of ether oxygens (including phenoxy) is 1. The van der Waals surface area contributed by atoms with Crippen LogP contribution in [-0.4, -0.2) is 47.5 Å². The second-order valence-electron chi connectivity index (χ2n) is 6.39. The van der Waals surface area contributed by atoms with E-state index in [9.17, 15) is 18.0 Å². The van der Waals surface area contributed by atoms with Crippen LogP contribution in [-0.2, 0) is 4.74 Å².